The lowest BCUT2D eigenvalue weighted by Gasteiger charge is -2.44. The summed E-state index contributed by atoms with van der Waals surface area (Å²) in [6, 6.07) is 7.99. The molecule has 184 valence electrons. The van der Waals surface area contributed by atoms with E-state index in [9.17, 15) is 39.9 Å². The molecule has 1 aliphatic rings. The van der Waals surface area contributed by atoms with E-state index in [4.69, 9.17) is 15.2 Å². The van der Waals surface area contributed by atoms with Crippen molar-refractivity contribution in [2.75, 3.05) is 6.61 Å². The smallest absolute Gasteiger partial charge is 0.364 e. The van der Waals surface area contributed by atoms with E-state index >= 15 is 0 Å². The van der Waals surface area contributed by atoms with E-state index in [-0.39, 0.29) is 6.42 Å². The van der Waals surface area contributed by atoms with E-state index in [1.54, 1.807) is 24.3 Å². The molecule has 0 aromatic heterocycles. The lowest BCUT2D eigenvalue weighted by molar-refractivity contribution is -0.297. The summed E-state index contributed by atoms with van der Waals surface area (Å²) in [7, 11) is 0. The molecule has 2 rings (SSSR count). The number of carbonyl (C=O) groups excluding carboxylic acids is 2. The van der Waals surface area contributed by atoms with Crippen LogP contribution in [0.2, 0.25) is 0 Å². The van der Waals surface area contributed by atoms with Gasteiger partial charge in [0.05, 0.1) is 24.2 Å². The van der Waals surface area contributed by atoms with Crippen LogP contribution in [0, 0.1) is 5.92 Å². The van der Waals surface area contributed by atoms with Crippen LogP contribution < -0.4 is 11.1 Å². The van der Waals surface area contributed by atoms with Crippen LogP contribution in [0.3, 0.4) is 0 Å². The number of nitrogens with two attached hydrogens (primary N) is 1. The number of hydrogen-bond donors (Lipinski definition) is 7. The minimum atomic E-state index is -2.77. The van der Waals surface area contributed by atoms with Gasteiger partial charge in [-0.1, -0.05) is 30.3 Å². The van der Waals surface area contributed by atoms with Crippen molar-refractivity contribution in [1.82, 2.24) is 5.32 Å². The zero-order valence-electron chi connectivity index (χ0n) is 18.0. The van der Waals surface area contributed by atoms with Crippen molar-refractivity contribution in [3.63, 3.8) is 0 Å². The van der Waals surface area contributed by atoms with E-state index in [1.807, 2.05) is 6.07 Å². The second-order valence-corrected chi connectivity index (χ2v) is 8.06. The van der Waals surface area contributed by atoms with Crippen LogP contribution in [0.5, 0.6) is 0 Å². The fraction of sp³-hybridized carbons (Fsp3) is 0.571. The number of aliphatic carboxylic acids is 1. The van der Waals surface area contributed by atoms with Gasteiger partial charge in [0.25, 0.3) is 5.79 Å². The summed E-state index contributed by atoms with van der Waals surface area (Å²) in [4.78, 5) is 34.8. The van der Waals surface area contributed by atoms with Crippen LogP contribution in [-0.2, 0) is 30.3 Å². The predicted molar refractivity (Wildman–Crippen MR) is 111 cm³/mol. The largest absolute Gasteiger partial charge is 0.477 e. The molecule has 0 aliphatic carbocycles. The van der Waals surface area contributed by atoms with E-state index in [2.05, 4.69) is 5.32 Å². The molecule has 1 aromatic rings. The Morgan fingerprint density at radius 2 is 1.91 bits per heavy atom. The molecule has 7 atom stereocenters. The minimum Gasteiger partial charge on any atom is -0.477 e. The predicted octanol–water partition coefficient (Wildman–Crippen LogP) is -2.16. The summed E-state index contributed by atoms with van der Waals surface area (Å²) < 4.78 is 10.2. The first-order chi connectivity index (χ1) is 15.4. The second kappa shape index (κ2) is 11.5. The maximum atomic E-state index is 12.1. The first-order valence-corrected chi connectivity index (χ1v) is 10.3. The van der Waals surface area contributed by atoms with Crippen LogP contribution in [0.25, 0.3) is 0 Å². The molecule has 1 heterocycles. The lowest BCUT2D eigenvalue weighted by Crippen LogP contribution is -2.61. The molecule has 0 saturated carbocycles. The van der Waals surface area contributed by atoms with Crippen LogP contribution in [-0.4, -0.2) is 86.4 Å². The van der Waals surface area contributed by atoms with Gasteiger partial charge in [0.1, 0.15) is 18.9 Å². The Kier molecular flexibility index (Phi) is 9.28. The Morgan fingerprint density at radius 1 is 1.27 bits per heavy atom. The molecule has 12 heteroatoms. The molecule has 1 aromatic carbocycles. The maximum absolute atomic E-state index is 12.1. The molecule has 1 fully saturated rings. The van der Waals surface area contributed by atoms with Gasteiger partial charge >= 0.3 is 11.9 Å². The Bertz CT molecular complexity index is 823. The number of hydrogen-bond acceptors (Lipinski definition) is 10. The number of amides is 1. The van der Waals surface area contributed by atoms with E-state index in [0.29, 0.717) is 0 Å². The average molecular weight is 470 g/mol. The number of aliphatic hydroxyl groups excluding tert-OH is 3. The number of carboxylic acid groups (broad SMARTS) is 1. The van der Waals surface area contributed by atoms with Gasteiger partial charge in [-0.15, -0.1) is 0 Å². The molecule has 1 unspecified atom stereocenters. The molecular weight excluding hydrogens is 440 g/mol. The van der Waals surface area contributed by atoms with Gasteiger partial charge in [-0.2, -0.15) is 0 Å². The van der Waals surface area contributed by atoms with Crippen LogP contribution >= 0.6 is 0 Å². The SMILES string of the molecule is CC(=O)N[C@@H](O)[C@@H]1[C@H](C[C@H](O)COC(=O)C(N)Cc2ccccc2)O[C@](O)(C(=O)O)C[C@@H]1O. The molecule has 0 bridgehead atoms. The van der Waals surface area contributed by atoms with Gasteiger partial charge in [0.2, 0.25) is 5.91 Å². The number of esters is 1. The number of nitrogens with one attached hydrogen (secondary N) is 1. The standard InChI is InChI=1S/C21H30N2O10/c1-11(24)23-18(27)17-15(26)9-21(31,20(29)30)33-16(17)8-13(25)10-32-19(28)14(22)7-12-5-3-2-4-6-12/h2-6,13-18,25-27,31H,7-10,22H2,1H3,(H,23,24)(H,29,30)/t13-,14?,15-,16-,17-,18-,21-/m0/s1. The van der Waals surface area contributed by atoms with Gasteiger partial charge < -0.3 is 46.1 Å². The maximum Gasteiger partial charge on any atom is 0.364 e. The van der Waals surface area contributed by atoms with E-state index < -0.39 is 79.6 Å². The highest BCUT2D eigenvalue weighted by molar-refractivity contribution is 5.76. The fourth-order valence-electron chi connectivity index (χ4n) is 3.68. The molecule has 1 amide bonds. The second-order valence-electron chi connectivity index (χ2n) is 8.06. The van der Waals surface area contributed by atoms with Crippen molar-refractivity contribution >= 4 is 17.8 Å². The number of benzene rings is 1. The molecular formula is C21H30N2O10. The highest BCUT2D eigenvalue weighted by Gasteiger charge is 2.53. The van der Waals surface area contributed by atoms with Crippen molar-refractivity contribution in [2.45, 2.75) is 62.6 Å². The summed E-state index contributed by atoms with van der Waals surface area (Å²) in [5.74, 6) is -7.23. The molecule has 8 N–H and O–H groups in total. The topological polar surface area (TPSA) is 209 Å². The summed E-state index contributed by atoms with van der Waals surface area (Å²) in [5.41, 5.74) is 6.64. The first kappa shape index (κ1) is 26.6. The number of carbonyl (C=O) groups is 3. The normalized spacial score (nSPS) is 27.8. The van der Waals surface area contributed by atoms with Gasteiger partial charge in [-0.25, -0.2) is 4.79 Å². The van der Waals surface area contributed by atoms with Crippen LogP contribution in [0.15, 0.2) is 30.3 Å². The zero-order chi connectivity index (χ0) is 24.8. The molecule has 12 nitrogen and oxygen atoms in total. The van der Waals surface area contributed by atoms with Gasteiger partial charge in [-0.3, -0.25) is 9.59 Å². The molecule has 0 spiro atoms. The Labute approximate surface area is 189 Å². The number of aliphatic hydroxyl groups is 4. The van der Waals surface area contributed by atoms with Gasteiger partial charge in [0, 0.05) is 19.8 Å². The minimum absolute atomic E-state index is 0.213. The summed E-state index contributed by atoms with van der Waals surface area (Å²) in [5, 5.41) is 52.5. The Morgan fingerprint density at radius 3 is 2.48 bits per heavy atom. The quantitative estimate of drug-likeness (QED) is 0.145. The lowest BCUT2D eigenvalue weighted by atomic mass is 9.83. The monoisotopic (exact) mass is 470 g/mol. The summed E-state index contributed by atoms with van der Waals surface area (Å²) in [6.07, 6.45) is -7.09. The van der Waals surface area contributed by atoms with Crippen molar-refractivity contribution in [3.8, 4) is 0 Å². The van der Waals surface area contributed by atoms with Crippen molar-refractivity contribution in [1.29, 1.82) is 0 Å². The third kappa shape index (κ3) is 7.45. The molecule has 0 radical (unpaired) electrons. The molecule has 1 aliphatic heterocycles. The van der Waals surface area contributed by atoms with Gasteiger partial charge in [0.15, 0.2) is 0 Å². The van der Waals surface area contributed by atoms with Crippen molar-refractivity contribution in [3.05, 3.63) is 35.9 Å². The summed E-state index contributed by atoms with van der Waals surface area (Å²) in [6.45, 7) is 0.584. The third-order valence-corrected chi connectivity index (χ3v) is 5.28. The molecule has 1 saturated heterocycles. The number of rotatable bonds is 10. The zero-order valence-corrected chi connectivity index (χ0v) is 18.0. The van der Waals surface area contributed by atoms with Crippen molar-refractivity contribution in [2.24, 2.45) is 11.7 Å². The Balaban J connectivity index is 2.01. The van der Waals surface area contributed by atoms with Crippen LogP contribution in [0.4, 0.5) is 0 Å². The summed E-state index contributed by atoms with van der Waals surface area (Å²) >= 11 is 0. The van der Waals surface area contributed by atoms with Crippen LogP contribution in [0.1, 0.15) is 25.3 Å². The number of ether oxygens (including phenoxy) is 2. The molecule has 33 heavy (non-hydrogen) atoms. The highest BCUT2D eigenvalue weighted by Crippen LogP contribution is 2.35. The number of carboxylic acids is 1. The Hall–Kier alpha value is -2.61. The first-order valence-electron chi connectivity index (χ1n) is 10.3. The third-order valence-electron chi connectivity index (χ3n) is 5.28. The van der Waals surface area contributed by atoms with E-state index in [0.717, 1.165) is 12.5 Å². The highest BCUT2D eigenvalue weighted by atomic mass is 16.7. The van der Waals surface area contributed by atoms with E-state index in [1.165, 1.54) is 0 Å². The average Bonchev–Trinajstić information content (AvgIpc) is 2.71. The van der Waals surface area contributed by atoms with Crippen molar-refractivity contribution < 1.29 is 49.4 Å². The van der Waals surface area contributed by atoms with Gasteiger partial charge in [-0.05, 0) is 12.0 Å². The fourth-order valence-corrected chi connectivity index (χ4v) is 3.68.